The van der Waals surface area contributed by atoms with Gasteiger partial charge >= 0.3 is 5.97 Å². The van der Waals surface area contributed by atoms with Crippen molar-refractivity contribution in [3.05, 3.63) is 52.9 Å². The minimum Gasteiger partial charge on any atom is -0.492 e. The maximum atomic E-state index is 11.2. The molecule has 0 bridgehead atoms. The Hall–Kier alpha value is -1.94. The number of hydrogen-bond donors (Lipinski definition) is 1. The first-order valence-corrected chi connectivity index (χ1v) is 6.11. The Kier molecular flexibility index (Phi) is 4.12. The summed E-state index contributed by atoms with van der Waals surface area (Å²) in [7, 11) is 0. The lowest BCUT2D eigenvalue weighted by atomic mass is 10.1. The van der Waals surface area contributed by atoms with E-state index in [2.05, 4.69) is 0 Å². The highest BCUT2D eigenvalue weighted by Gasteiger charge is 2.24. The lowest BCUT2D eigenvalue weighted by molar-refractivity contribution is -0.140. The van der Waals surface area contributed by atoms with Gasteiger partial charge in [0.25, 0.3) is 0 Å². The number of carbonyl (C=O) groups is 1. The molecule has 0 fully saturated rings. The van der Waals surface area contributed by atoms with E-state index in [1.807, 2.05) is 0 Å². The molecule has 1 aromatic carbocycles. The second-order valence-corrected chi connectivity index (χ2v) is 4.54. The van der Waals surface area contributed by atoms with Crippen LogP contribution >= 0.6 is 11.6 Å². The maximum Gasteiger partial charge on any atom is 0.317 e. The van der Waals surface area contributed by atoms with Gasteiger partial charge in [0.2, 0.25) is 0 Å². The highest BCUT2D eigenvalue weighted by Crippen LogP contribution is 2.22. The van der Waals surface area contributed by atoms with Gasteiger partial charge in [-0.05, 0) is 43.3 Å². The van der Waals surface area contributed by atoms with Crippen LogP contribution in [0.1, 0.15) is 17.4 Å². The molecule has 0 spiro atoms. The second-order valence-electron chi connectivity index (χ2n) is 4.10. The Labute approximate surface area is 115 Å². The molecule has 1 N–H and O–H groups in total. The molecular formula is C14H13ClO4. The molecule has 1 heterocycles. The number of carboxylic acid groups (broad SMARTS) is 1. The largest absolute Gasteiger partial charge is 0.492 e. The van der Waals surface area contributed by atoms with Crippen molar-refractivity contribution in [1.29, 1.82) is 0 Å². The third kappa shape index (κ3) is 3.51. The zero-order valence-electron chi connectivity index (χ0n) is 10.3. The molecule has 0 aliphatic carbocycles. The molecule has 2 aromatic rings. The summed E-state index contributed by atoms with van der Waals surface area (Å²) in [5, 5.41) is 9.80. The molecule has 2 rings (SSSR count). The molecule has 0 amide bonds. The van der Waals surface area contributed by atoms with Gasteiger partial charge in [-0.2, -0.15) is 0 Å². The van der Waals surface area contributed by atoms with Crippen LogP contribution in [0.3, 0.4) is 0 Å². The fraction of sp³-hybridized carbons (Fsp3) is 0.214. The van der Waals surface area contributed by atoms with Crippen LogP contribution in [-0.2, 0) is 4.79 Å². The summed E-state index contributed by atoms with van der Waals surface area (Å²) in [6.07, 6.45) is 0. The molecule has 0 radical (unpaired) electrons. The van der Waals surface area contributed by atoms with E-state index in [0.29, 0.717) is 22.3 Å². The van der Waals surface area contributed by atoms with Gasteiger partial charge in [-0.15, -0.1) is 0 Å². The SMILES string of the molecule is Cc1ccc(C(COc2ccc(Cl)cc2)C(=O)O)o1. The quantitative estimate of drug-likeness (QED) is 0.911. The van der Waals surface area contributed by atoms with Gasteiger partial charge in [-0.3, -0.25) is 4.79 Å². The highest BCUT2D eigenvalue weighted by atomic mass is 35.5. The number of halogens is 1. The smallest absolute Gasteiger partial charge is 0.317 e. The molecule has 0 saturated carbocycles. The van der Waals surface area contributed by atoms with E-state index < -0.39 is 11.9 Å². The molecule has 1 atom stereocenters. The fourth-order valence-electron chi connectivity index (χ4n) is 1.63. The third-order valence-electron chi connectivity index (χ3n) is 2.63. The molecule has 0 saturated heterocycles. The van der Waals surface area contributed by atoms with Crippen LogP contribution in [0.15, 0.2) is 40.8 Å². The van der Waals surface area contributed by atoms with E-state index in [1.165, 1.54) is 0 Å². The van der Waals surface area contributed by atoms with Gasteiger partial charge in [-0.1, -0.05) is 11.6 Å². The molecule has 19 heavy (non-hydrogen) atoms. The Morgan fingerprint density at radius 2 is 2.00 bits per heavy atom. The normalized spacial score (nSPS) is 12.1. The first-order valence-electron chi connectivity index (χ1n) is 5.74. The van der Waals surface area contributed by atoms with Gasteiger partial charge in [0.15, 0.2) is 0 Å². The van der Waals surface area contributed by atoms with Crippen LogP contribution in [0.25, 0.3) is 0 Å². The van der Waals surface area contributed by atoms with E-state index in [-0.39, 0.29) is 6.61 Å². The standard InChI is InChI=1S/C14H13ClO4/c1-9-2-7-13(19-9)12(14(16)17)8-18-11-5-3-10(15)4-6-11/h2-7,12H,8H2,1H3,(H,16,17). The summed E-state index contributed by atoms with van der Waals surface area (Å²) in [6, 6.07) is 10.1. The van der Waals surface area contributed by atoms with Gasteiger partial charge in [0.1, 0.15) is 29.8 Å². The first-order chi connectivity index (χ1) is 9.06. The molecule has 100 valence electrons. The average molecular weight is 281 g/mol. The lowest BCUT2D eigenvalue weighted by Crippen LogP contribution is -2.19. The number of aryl methyl sites for hydroxylation is 1. The predicted octanol–water partition coefficient (Wildman–Crippen LogP) is 3.49. The summed E-state index contributed by atoms with van der Waals surface area (Å²) >= 11 is 5.76. The van der Waals surface area contributed by atoms with Gasteiger partial charge in [0.05, 0.1) is 0 Å². The Morgan fingerprint density at radius 3 is 2.53 bits per heavy atom. The second kappa shape index (κ2) is 5.80. The Morgan fingerprint density at radius 1 is 1.32 bits per heavy atom. The lowest BCUT2D eigenvalue weighted by Gasteiger charge is -2.11. The molecule has 5 heteroatoms. The minimum absolute atomic E-state index is 0.00389. The van der Waals surface area contributed by atoms with Crippen molar-refractivity contribution in [2.24, 2.45) is 0 Å². The molecule has 1 unspecified atom stereocenters. The van der Waals surface area contributed by atoms with Crippen molar-refractivity contribution in [1.82, 2.24) is 0 Å². The monoisotopic (exact) mass is 280 g/mol. The van der Waals surface area contributed by atoms with E-state index in [9.17, 15) is 9.90 Å². The van der Waals surface area contributed by atoms with E-state index in [0.717, 1.165) is 0 Å². The van der Waals surface area contributed by atoms with Crippen LogP contribution in [0.2, 0.25) is 5.02 Å². The van der Waals surface area contributed by atoms with Crippen LogP contribution in [0, 0.1) is 6.92 Å². The average Bonchev–Trinajstić information content (AvgIpc) is 2.78. The van der Waals surface area contributed by atoms with Gasteiger partial charge in [0, 0.05) is 5.02 Å². The molecular weight excluding hydrogens is 268 g/mol. The zero-order chi connectivity index (χ0) is 13.8. The molecule has 0 aliphatic rings. The summed E-state index contributed by atoms with van der Waals surface area (Å²) in [5.41, 5.74) is 0. The molecule has 0 aliphatic heterocycles. The fourth-order valence-corrected chi connectivity index (χ4v) is 1.75. The van der Waals surface area contributed by atoms with Crippen LogP contribution in [-0.4, -0.2) is 17.7 Å². The highest BCUT2D eigenvalue weighted by molar-refractivity contribution is 6.30. The number of rotatable bonds is 5. The molecule has 4 nitrogen and oxygen atoms in total. The summed E-state index contributed by atoms with van der Waals surface area (Å²) < 4.78 is 10.8. The maximum absolute atomic E-state index is 11.2. The number of carboxylic acids is 1. The van der Waals surface area contributed by atoms with Gasteiger partial charge in [-0.25, -0.2) is 0 Å². The number of aliphatic carboxylic acids is 1. The van der Waals surface area contributed by atoms with Gasteiger partial charge < -0.3 is 14.3 Å². The minimum atomic E-state index is -0.983. The summed E-state index contributed by atoms with van der Waals surface area (Å²) in [5.74, 6) is -0.182. The Balaban J connectivity index is 2.06. The number of ether oxygens (including phenoxy) is 1. The molecule has 1 aromatic heterocycles. The van der Waals surface area contributed by atoms with Crippen LogP contribution < -0.4 is 4.74 Å². The number of benzene rings is 1. The third-order valence-corrected chi connectivity index (χ3v) is 2.88. The van der Waals surface area contributed by atoms with Crippen molar-refractivity contribution in [3.8, 4) is 5.75 Å². The summed E-state index contributed by atoms with van der Waals surface area (Å²) in [4.78, 5) is 11.2. The zero-order valence-corrected chi connectivity index (χ0v) is 11.1. The topological polar surface area (TPSA) is 59.7 Å². The Bertz CT molecular complexity index is 559. The first kappa shape index (κ1) is 13.5. The van der Waals surface area contributed by atoms with Crippen LogP contribution in [0.5, 0.6) is 5.75 Å². The van der Waals surface area contributed by atoms with E-state index in [4.69, 9.17) is 20.8 Å². The van der Waals surface area contributed by atoms with Crippen molar-refractivity contribution in [2.75, 3.05) is 6.61 Å². The number of hydrogen-bond acceptors (Lipinski definition) is 3. The van der Waals surface area contributed by atoms with Crippen molar-refractivity contribution >= 4 is 17.6 Å². The van der Waals surface area contributed by atoms with Crippen molar-refractivity contribution in [3.63, 3.8) is 0 Å². The van der Waals surface area contributed by atoms with E-state index >= 15 is 0 Å². The van der Waals surface area contributed by atoms with Crippen molar-refractivity contribution in [2.45, 2.75) is 12.8 Å². The predicted molar refractivity (Wildman–Crippen MR) is 70.8 cm³/mol. The number of furan rings is 1. The van der Waals surface area contributed by atoms with Crippen LogP contribution in [0.4, 0.5) is 0 Å². The van der Waals surface area contributed by atoms with E-state index in [1.54, 1.807) is 43.3 Å². The van der Waals surface area contributed by atoms with Crippen molar-refractivity contribution < 1.29 is 19.1 Å². The summed E-state index contributed by atoms with van der Waals surface area (Å²) in [6.45, 7) is 1.77.